The van der Waals surface area contributed by atoms with E-state index in [4.69, 9.17) is 10.5 Å². The first-order valence-electron chi connectivity index (χ1n) is 7.88. The van der Waals surface area contributed by atoms with Gasteiger partial charge in [-0.1, -0.05) is 6.07 Å². The van der Waals surface area contributed by atoms with E-state index in [2.05, 4.69) is 0 Å². The van der Waals surface area contributed by atoms with Crippen molar-refractivity contribution in [2.75, 3.05) is 0 Å². The van der Waals surface area contributed by atoms with Crippen LogP contribution >= 0.6 is 0 Å². The van der Waals surface area contributed by atoms with Crippen molar-refractivity contribution in [2.24, 2.45) is 5.73 Å². The molecule has 2 rings (SSSR count). The summed E-state index contributed by atoms with van der Waals surface area (Å²) in [6.45, 7) is 8.38. The summed E-state index contributed by atoms with van der Waals surface area (Å²) >= 11 is 0. The van der Waals surface area contributed by atoms with E-state index in [1.54, 1.807) is 33.8 Å². The third-order valence-electron chi connectivity index (χ3n) is 3.78. The molecule has 0 bridgehead atoms. The predicted octanol–water partition coefficient (Wildman–Crippen LogP) is 3.15. The van der Waals surface area contributed by atoms with E-state index in [1.807, 2.05) is 0 Å². The molecule has 7 heteroatoms. The number of hydrogen-bond donors (Lipinski definition) is 2. The molecule has 1 aromatic heterocycles. The molecule has 0 spiro atoms. The molecule has 0 fully saturated rings. The van der Waals surface area contributed by atoms with Crippen LogP contribution in [0.3, 0.4) is 0 Å². The maximum Gasteiger partial charge on any atom is 0.352 e. The fraction of sp³-hybridized carbons (Fsp3) is 0.444. The smallest absolute Gasteiger partial charge is 0.352 e. The Labute approximate surface area is 145 Å². The molecule has 1 aromatic carbocycles. The highest BCUT2D eigenvalue weighted by Crippen LogP contribution is 2.31. The lowest BCUT2D eigenvalue weighted by atomic mass is 10.1. The van der Waals surface area contributed by atoms with Crippen LogP contribution in [0.25, 0.3) is 10.9 Å². The number of nitrogens with zero attached hydrogens (tertiary/aromatic N) is 1. The van der Waals surface area contributed by atoms with Crippen molar-refractivity contribution < 1.29 is 23.8 Å². The number of benzene rings is 1. The second-order valence-corrected chi connectivity index (χ2v) is 7.42. The summed E-state index contributed by atoms with van der Waals surface area (Å²) < 4.78 is 20.9. The first kappa shape index (κ1) is 18.9. The minimum Gasteiger partial charge on any atom is -0.477 e. The second kappa shape index (κ2) is 6.15. The normalized spacial score (nSPS) is 14.4. The number of esters is 1. The summed E-state index contributed by atoms with van der Waals surface area (Å²) in [5, 5.41) is 9.96. The first-order valence-corrected chi connectivity index (χ1v) is 7.88. The number of rotatable bonds is 4. The van der Waals surface area contributed by atoms with Gasteiger partial charge in [0.05, 0.1) is 11.9 Å². The van der Waals surface area contributed by atoms with Crippen molar-refractivity contribution in [3.63, 3.8) is 0 Å². The van der Waals surface area contributed by atoms with Crippen molar-refractivity contribution >= 4 is 22.8 Å². The summed E-state index contributed by atoms with van der Waals surface area (Å²) in [6, 6.07) is 4.19. The van der Waals surface area contributed by atoms with Gasteiger partial charge in [0.2, 0.25) is 0 Å². The van der Waals surface area contributed by atoms with Gasteiger partial charge in [-0.2, -0.15) is 0 Å². The Morgan fingerprint density at radius 2 is 1.88 bits per heavy atom. The van der Waals surface area contributed by atoms with Gasteiger partial charge in [0.15, 0.2) is 0 Å². The number of halogens is 1. The van der Waals surface area contributed by atoms with Crippen LogP contribution in [0.1, 0.15) is 50.2 Å². The van der Waals surface area contributed by atoms with Gasteiger partial charge in [0, 0.05) is 5.39 Å². The van der Waals surface area contributed by atoms with Gasteiger partial charge >= 0.3 is 11.9 Å². The van der Waals surface area contributed by atoms with Gasteiger partial charge in [-0.25, -0.2) is 9.18 Å². The molecule has 136 valence electrons. The molecule has 25 heavy (non-hydrogen) atoms. The fourth-order valence-electron chi connectivity index (χ4n) is 2.85. The van der Waals surface area contributed by atoms with Crippen LogP contribution in [0.5, 0.6) is 0 Å². The zero-order valence-electron chi connectivity index (χ0n) is 15.0. The molecule has 0 aliphatic heterocycles. The van der Waals surface area contributed by atoms with Crippen LogP contribution in [-0.4, -0.2) is 27.2 Å². The molecule has 0 aliphatic rings. The average Bonchev–Trinajstić information content (AvgIpc) is 2.82. The lowest BCUT2D eigenvalue weighted by Gasteiger charge is -2.30. The highest BCUT2D eigenvalue weighted by molar-refractivity contribution is 5.96. The number of aryl methyl sites for hydroxylation is 1. The molecule has 1 heterocycles. The van der Waals surface area contributed by atoms with Gasteiger partial charge in [-0.3, -0.25) is 4.79 Å². The maximum atomic E-state index is 14.5. The van der Waals surface area contributed by atoms with Gasteiger partial charge in [0.1, 0.15) is 22.8 Å². The number of nitrogens with two attached hydrogens (primary N) is 1. The number of hydrogen-bond acceptors (Lipinski definition) is 4. The molecule has 0 aliphatic carbocycles. The van der Waals surface area contributed by atoms with Crippen molar-refractivity contribution in [1.82, 2.24) is 4.57 Å². The zero-order chi connectivity index (χ0) is 19.2. The van der Waals surface area contributed by atoms with E-state index in [0.717, 1.165) is 4.57 Å². The molecule has 0 saturated heterocycles. The van der Waals surface area contributed by atoms with E-state index >= 15 is 0 Å². The Kier molecular flexibility index (Phi) is 4.65. The molecule has 6 nitrogen and oxygen atoms in total. The average molecular weight is 350 g/mol. The topological polar surface area (TPSA) is 94.5 Å². The van der Waals surface area contributed by atoms with Crippen LogP contribution in [0.15, 0.2) is 18.2 Å². The number of carbonyl (C=O) groups excluding carboxylic acids is 1. The van der Waals surface area contributed by atoms with Crippen molar-refractivity contribution in [3.8, 4) is 0 Å². The summed E-state index contributed by atoms with van der Waals surface area (Å²) in [5.74, 6) is -2.45. The Hall–Kier alpha value is -2.41. The third-order valence-corrected chi connectivity index (χ3v) is 3.78. The van der Waals surface area contributed by atoms with Crippen molar-refractivity contribution in [1.29, 1.82) is 0 Å². The summed E-state index contributed by atoms with van der Waals surface area (Å²) in [4.78, 5) is 23.8. The molecule has 1 unspecified atom stereocenters. The third kappa shape index (κ3) is 3.82. The number of carbonyl (C=O) groups is 2. The second-order valence-electron chi connectivity index (χ2n) is 7.42. The Balaban J connectivity index is 2.61. The number of fused-ring (bicyclic) bond motifs is 1. The molecular weight excluding hydrogens is 327 g/mol. The minimum absolute atomic E-state index is 0.0611. The van der Waals surface area contributed by atoms with Gasteiger partial charge in [0.25, 0.3) is 0 Å². The van der Waals surface area contributed by atoms with Crippen LogP contribution in [-0.2, 0) is 15.2 Å². The van der Waals surface area contributed by atoms with Crippen LogP contribution < -0.4 is 5.73 Å². The van der Waals surface area contributed by atoms with Crippen LogP contribution in [0.4, 0.5) is 4.39 Å². The van der Waals surface area contributed by atoms with E-state index in [1.165, 1.54) is 19.1 Å². The molecular formula is C18H23FN2O4. The van der Waals surface area contributed by atoms with Gasteiger partial charge in [-0.15, -0.1) is 0 Å². The Bertz CT molecular complexity index is 847. The Morgan fingerprint density at radius 1 is 1.28 bits per heavy atom. The highest BCUT2D eigenvalue weighted by Gasteiger charge is 2.33. The largest absolute Gasteiger partial charge is 0.477 e. The van der Waals surface area contributed by atoms with E-state index in [-0.39, 0.29) is 17.6 Å². The molecule has 0 saturated carbocycles. The van der Waals surface area contributed by atoms with E-state index in [9.17, 15) is 19.1 Å². The van der Waals surface area contributed by atoms with E-state index < -0.39 is 29.0 Å². The molecule has 0 amide bonds. The summed E-state index contributed by atoms with van der Waals surface area (Å²) in [6.07, 6.45) is -0.304. The quantitative estimate of drug-likeness (QED) is 0.826. The predicted molar refractivity (Wildman–Crippen MR) is 91.9 cm³/mol. The lowest BCUT2D eigenvalue weighted by molar-refractivity contribution is -0.157. The lowest BCUT2D eigenvalue weighted by Crippen LogP contribution is -2.44. The zero-order valence-corrected chi connectivity index (χ0v) is 15.0. The molecule has 3 N–H and O–H groups in total. The van der Waals surface area contributed by atoms with Gasteiger partial charge in [-0.05, 0) is 52.3 Å². The SMILES string of the molecule is Cc1ccc(F)c2c1cc(C(=O)O)n2C(C)(N)CC(=O)OC(C)(C)C. The number of carboxylic acids is 1. The fourth-order valence-corrected chi connectivity index (χ4v) is 2.85. The molecule has 0 radical (unpaired) electrons. The molecule has 2 aromatic rings. The monoisotopic (exact) mass is 350 g/mol. The maximum absolute atomic E-state index is 14.5. The number of ether oxygens (including phenoxy) is 1. The number of aromatic nitrogens is 1. The summed E-state index contributed by atoms with van der Waals surface area (Å²) in [7, 11) is 0. The van der Waals surface area contributed by atoms with Crippen molar-refractivity contribution in [2.45, 2.75) is 52.3 Å². The standard InChI is InChI=1S/C18H23FN2O4/c1-10-6-7-12(19)15-11(10)8-13(16(23)24)21(15)18(5,20)9-14(22)25-17(2,3)4/h6-8H,9,20H2,1-5H3,(H,23,24). The molecule has 1 atom stereocenters. The number of carboxylic acid groups (broad SMARTS) is 1. The van der Waals surface area contributed by atoms with Gasteiger partial charge < -0.3 is 20.1 Å². The Morgan fingerprint density at radius 3 is 2.40 bits per heavy atom. The first-order chi connectivity index (χ1) is 11.3. The van der Waals surface area contributed by atoms with Crippen molar-refractivity contribution in [3.05, 3.63) is 35.3 Å². The summed E-state index contributed by atoms with van der Waals surface area (Å²) in [5.41, 5.74) is 4.66. The van der Waals surface area contributed by atoms with Crippen LogP contribution in [0, 0.1) is 12.7 Å². The number of aromatic carboxylic acids is 1. The highest BCUT2D eigenvalue weighted by atomic mass is 19.1. The minimum atomic E-state index is -1.48. The van der Waals surface area contributed by atoms with E-state index in [0.29, 0.717) is 10.9 Å². The van der Waals surface area contributed by atoms with Crippen LogP contribution in [0.2, 0.25) is 0 Å².